The first-order valence-electron chi connectivity index (χ1n) is 9.71. The Morgan fingerprint density at radius 1 is 1.13 bits per heavy atom. The van der Waals surface area contributed by atoms with Gasteiger partial charge in [0, 0.05) is 37.0 Å². The Balaban J connectivity index is 1.64. The predicted molar refractivity (Wildman–Crippen MR) is 116 cm³/mol. The molecular weight excluding hydrogens is 424 g/mol. The standard InChI is InChI=1S/C21H23ClN4O3S/c22-18-6-5-16(11-20(18)30(28,29)26-9-7-17(27)8-10-26)21-24-13-19(25-21)15-3-1-14(12-23)2-4-15/h1-6,11,13,17,27H,7-10,12,23H2,(H,24,25). The van der Waals surface area contributed by atoms with Gasteiger partial charge in [0.15, 0.2) is 0 Å². The molecule has 2 aromatic carbocycles. The molecule has 4 rings (SSSR count). The number of nitrogens with two attached hydrogens (primary N) is 1. The number of H-pyrrole nitrogens is 1. The Labute approximate surface area is 180 Å². The van der Waals surface area contributed by atoms with Gasteiger partial charge in [-0.2, -0.15) is 4.31 Å². The van der Waals surface area contributed by atoms with E-state index in [1.165, 1.54) is 4.31 Å². The number of hydrogen-bond donors (Lipinski definition) is 3. The number of rotatable bonds is 5. The number of piperidine rings is 1. The molecule has 0 saturated carbocycles. The second-order valence-corrected chi connectivity index (χ2v) is 9.63. The van der Waals surface area contributed by atoms with E-state index in [2.05, 4.69) is 9.97 Å². The number of nitrogens with zero attached hydrogens (tertiary/aromatic N) is 2. The molecule has 7 nitrogen and oxygen atoms in total. The average Bonchev–Trinajstić information content (AvgIpc) is 3.24. The van der Waals surface area contributed by atoms with Gasteiger partial charge in [0.2, 0.25) is 10.0 Å². The Bertz CT molecular complexity index is 1140. The number of aliphatic hydroxyl groups is 1. The van der Waals surface area contributed by atoms with Crippen molar-refractivity contribution in [2.24, 2.45) is 5.73 Å². The monoisotopic (exact) mass is 446 g/mol. The van der Waals surface area contributed by atoms with E-state index in [9.17, 15) is 13.5 Å². The summed E-state index contributed by atoms with van der Waals surface area (Å²) in [4.78, 5) is 7.77. The lowest BCUT2D eigenvalue weighted by Gasteiger charge is -2.29. The minimum atomic E-state index is -3.76. The highest BCUT2D eigenvalue weighted by Gasteiger charge is 2.30. The highest BCUT2D eigenvalue weighted by Crippen LogP contribution is 2.31. The Kier molecular flexibility index (Phi) is 5.95. The second kappa shape index (κ2) is 8.49. The lowest BCUT2D eigenvalue weighted by Crippen LogP contribution is -2.40. The molecule has 30 heavy (non-hydrogen) atoms. The maximum atomic E-state index is 13.1. The lowest BCUT2D eigenvalue weighted by atomic mass is 10.1. The molecule has 1 fully saturated rings. The van der Waals surface area contributed by atoms with Gasteiger partial charge in [0.1, 0.15) is 10.7 Å². The molecule has 1 aliphatic heterocycles. The number of benzene rings is 2. The fraction of sp³-hybridized carbons (Fsp3) is 0.286. The van der Waals surface area contributed by atoms with Gasteiger partial charge in [-0.25, -0.2) is 13.4 Å². The topological polar surface area (TPSA) is 112 Å². The summed E-state index contributed by atoms with van der Waals surface area (Å²) in [6, 6.07) is 12.7. The van der Waals surface area contributed by atoms with Gasteiger partial charge in [0.05, 0.1) is 16.8 Å². The summed E-state index contributed by atoms with van der Waals surface area (Å²) >= 11 is 6.25. The number of aliphatic hydroxyl groups excluding tert-OH is 1. The zero-order valence-electron chi connectivity index (χ0n) is 16.3. The van der Waals surface area contributed by atoms with Crippen molar-refractivity contribution in [3.05, 3.63) is 59.2 Å². The van der Waals surface area contributed by atoms with Gasteiger partial charge >= 0.3 is 0 Å². The largest absolute Gasteiger partial charge is 0.393 e. The molecular formula is C21H23ClN4O3S. The van der Waals surface area contributed by atoms with Crippen LogP contribution in [0.25, 0.3) is 22.6 Å². The van der Waals surface area contributed by atoms with Crippen LogP contribution in [0, 0.1) is 0 Å². The number of imidazole rings is 1. The lowest BCUT2D eigenvalue weighted by molar-refractivity contribution is 0.113. The summed E-state index contributed by atoms with van der Waals surface area (Å²) in [5.74, 6) is 0.551. The van der Waals surface area contributed by atoms with Crippen LogP contribution in [0.15, 0.2) is 53.6 Å². The van der Waals surface area contributed by atoms with Crippen molar-refractivity contribution in [1.82, 2.24) is 14.3 Å². The summed E-state index contributed by atoms with van der Waals surface area (Å²) in [5, 5.41) is 9.83. The molecule has 158 valence electrons. The Morgan fingerprint density at radius 3 is 2.47 bits per heavy atom. The number of hydrogen-bond acceptors (Lipinski definition) is 5. The summed E-state index contributed by atoms with van der Waals surface area (Å²) in [5.41, 5.74) is 8.98. The molecule has 0 atom stereocenters. The first kappa shape index (κ1) is 21.0. The van der Waals surface area contributed by atoms with Crippen molar-refractivity contribution in [2.45, 2.75) is 30.4 Å². The van der Waals surface area contributed by atoms with E-state index in [4.69, 9.17) is 17.3 Å². The van der Waals surface area contributed by atoms with Crippen LogP contribution in [0.4, 0.5) is 0 Å². The Hall–Kier alpha value is -2.23. The van der Waals surface area contributed by atoms with Crippen LogP contribution < -0.4 is 5.73 Å². The molecule has 3 aromatic rings. The van der Waals surface area contributed by atoms with Gasteiger partial charge < -0.3 is 15.8 Å². The number of sulfonamides is 1. The van der Waals surface area contributed by atoms with Crippen LogP contribution >= 0.6 is 11.6 Å². The predicted octanol–water partition coefficient (Wildman–Crippen LogP) is 3.00. The molecule has 0 aliphatic carbocycles. The van der Waals surface area contributed by atoms with Crippen LogP contribution in [-0.2, 0) is 16.6 Å². The molecule has 0 bridgehead atoms. The zero-order chi connectivity index (χ0) is 21.3. The minimum absolute atomic E-state index is 0.0447. The minimum Gasteiger partial charge on any atom is -0.393 e. The van der Waals surface area contributed by atoms with Gasteiger partial charge in [-0.3, -0.25) is 0 Å². The smallest absolute Gasteiger partial charge is 0.244 e. The van der Waals surface area contributed by atoms with E-state index in [0.717, 1.165) is 16.8 Å². The quantitative estimate of drug-likeness (QED) is 0.557. The van der Waals surface area contributed by atoms with Gasteiger partial charge in [-0.05, 0) is 36.6 Å². The second-order valence-electron chi connectivity index (χ2n) is 7.32. The van der Waals surface area contributed by atoms with Crippen molar-refractivity contribution in [1.29, 1.82) is 0 Å². The third-order valence-electron chi connectivity index (χ3n) is 5.31. The third-order valence-corrected chi connectivity index (χ3v) is 7.69. The van der Waals surface area contributed by atoms with Gasteiger partial charge in [-0.1, -0.05) is 35.9 Å². The molecule has 0 radical (unpaired) electrons. The molecule has 1 aromatic heterocycles. The van der Waals surface area contributed by atoms with Crippen molar-refractivity contribution < 1.29 is 13.5 Å². The molecule has 2 heterocycles. The van der Waals surface area contributed by atoms with Crippen molar-refractivity contribution in [3.63, 3.8) is 0 Å². The van der Waals surface area contributed by atoms with E-state index < -0.39 is 16.1 Å². The van der Waals surface area contributed by atoms with Gasteiger partial charge in [0.25, 0.3) is 0 Å². The third kappa shape index (κ3) is 4.14. The van der Waals surface area contributed by atoms with Crippen LogP contribution in [-0.4, -0.2) is 47.0 Å². The molecule has 1 aliphatic rings. The van der Waals surface area contributed by atoms with Crippen molar-refractivity contribution in [2.75, 3.05) is 13.1 Å². The fourth-order valence-corrected chi connectivity index (χ4v) is 5.47. The number of aromatic amines is 1. The Morgan fingerprint density at radius 2 is 1.80 bits per heavy atom. The van der Waals surface area contributed by atoms with E-state index in [0.29, 0.717) is 30.8 Å². The van der Waals surface area contributed by atoms with Gasteiger partial charge in [-0.15, -0.1) is 0 Å². The van der Waals surface area contributed by atoms with Crippen LogP contribution in [0.1, 0.15) is 18.4 Å². The molecule has 0 amide bonds. The normalized spacial score (nSPS) is 16.1. The first-order chi connectivity index (χ1) is 14.4. The van der Waals surface area contributed by atoms with Crippen LogP contribution in [0.2, 0.25) is 5.02 Å². The van der Waals surface area contributed by atoms with E-state index in [-0.39, 0.29) is 23.0 Å². The molecule has 0 spiro atoms. The highest BCUT2D eigenvalue weighted by molar-refractivity contribution is 7.89. The van der Waals surface area contributed by atoms with E-state index >= 15 is 0 Å². The zero-order valence-corrected chi connectivity index (χ0v) is 17.8. The maximum absolute atomic E-state index is 13.1. The SMILES string of the molecule is NCc1ccc(-c2c[nH]c(-c3ccc(Cl)c(S(=O)(=O)N4CCC(O)CC4)c3)n2)cc1. The number of nitrogens with one attached hydrogen (secondary N) is 1. The van der Waals surface area contributed by atoms with Crippen LogP contribution in [0.3, 0.4) is 0 Å². The molecule has 4 N–H and O–H groups in total. The number of aromatic nitrogens is 2. The molecule has 0 unspecified atom stereocenters. The van der Waals surface area contributed by atoms with Crippen molar-refractivity contribution >= 4 is 21.6 Å². The molecule has 9 heteroatoms. The first-order valence-corrected chi connectivity index (χ1v) is 11.5. The summed E-state index contributed by atoms with van der Waals surface area (Å²) < 4.78 is 27.6. The van der Waals surface area contributed by atoms with Crippen LogP contribution in [0.5, 0.6) is 0 Å². The number of halogens is 1. The average molecular weight is 447 g/mol. The summed E-state index contributed by atoms with van der Waals surface area (Å²) in [6.07, 6.45) is 2.16. The van der Waals surface area contributed by atoms with E-state index in [1.54, 1.807) is 24.4 Å². The fourth-order valence-electron chi connectivity index (χ4n) is 3.50. The summed E-state index contributed by atoms with van der Waals surface area (Å²) in [7, 11) is -3.76. The maximum Gasteiger partial charge on any atom is 0.244 e. The van der Waals surface area contributed by atoms with Crippen molar-refractivity contribution in [3.8, 4) is 22.6 Å². The van der Waals surface area contributed by atoms with E-state index in [1.807, 2.05) is 24.3 Å². The summed E-state index contributed by atoms with van der Waals surface area (Å²) in [6.45, 7) is 1.02. The molecule has 1 saturated heterocycles. The highest BCUT2D eigenvalue weighted by atomic mass is 35.5.